The monoisotopic (exact) mass is 205 g/mol. The number of aromatic nitrogens is 1. The predicted octanol–water partition coefficient (Wildman–Crippen LogP) is 1.98. The molecule has 0 fully saturated rings. The first kappa shape index (κ1) is 10.2. The summed E-state index contributed by atoms with van der Waals surface area (Å²) >= 11 is 0. The van der Waals surface area contributed by atoms with Crippen LogP contribution in [0.25, 0.3) is 0 Å². The van der Waals surface area contributed by atoms with Crippen LogP contribution in [0.5, 0.6) is 0 Å². The molecular formula is C12H15NO2. The Bertz CT molecular complexity index is 374. The van der Waals surface area contributed by atoms with Gasteiger partial charge in [-0.3, -0.25) is 4.98 Å². The van der Waals surface area contributed by atoms with E-state index in [0.29, 0.717) is 12.4 Å². The van der Waals surface area contributed by atoms with Crippen LogP contribution in [-0.4, -0.2) is 16.7 Å². The fraction of sp³-hybridized carbons (Fsp3) is 0.417. The molecule has 0 radical (unpaired) electrons. The largest absolute Gasteiger partial charge is 0.495 e. The molecule has 0 amide bonds. The Kier molecular flexibility index (Phi) is 3.02. The summed E-state index contributed by atoms with van der Waals surface area (Å²) < 4.78 is 5.36. The first-order chi connectivity index (χ1) is 7.33. The van der Waals surface area contributed by atoms with Gasteiger partial charge in [-0.25, -0.2) is 0 Å². The van der Waals surface area contributed by atoms with E-state index in [1.165, 1.54) is 0 Å². The zero-order valence-corrected chi connectivity index (χ0v) is 8.81. The highest BCUT2D eigenvalue weighted by molar-refractivity contribution is 5.30. The van der Waals surface area contributed by atoms with Crippen LogP contribution in [-0.2, 0) is 11.2 Å². The molecule has 1 N–H and O–H groups in total. The van der Waals surface area contributed by atoms with Gasteiger partial charge in [-0.05, 0) is 29.7 Å². The van der Waals surface area contributed by atoms with Crippen molar-refractivity contribution in [1.29, 1.82) is 0 Å². The van der Waals surface area contributed by atoms with Crippen molar-refractivity contribution >= 4 is 0 Å². The number of hydrogen-bond acceptors (Lipinski definition) is 3. The molecule has 1 aromatic heterocycles. The van der Waals surface area contributed by atoms with Crippen molar-refractivity contribution in [3.63, 3.8) is 0 Å². The van der Waals surface area contributed by atoms with Crippen LogP contribution in [0.15, 0.2) is 30.3 Å². The van der Waals surface area contributed by atoms with E-state index in [1.807, 2.05) is 12.1 Å². The molecule has 0 saturated heterocycles. The molecule has 0 spiro atoms. The molecular weight excluding hydrogens is 190 g/mol. The third kappa shape index (κ3) is 2.02. The van der Waals surface area contributed by atoms with Crippen LogP contribution in [0.2, 0.25) is 0 Å². The van der Waals surface area contributed by atoms with E-state index in [-0.39, 0.29) is 0 Å². The molecule has 2 heterocycles. The summed E-state index contributed by atoms with van der Waals surface area (Å²) in [5, 5.41) is 10.1. The minimum absolute atomic E-state index is 0.634. The Hall–Kier alpha value is -1.35. The van der Waals surface area contributed by atoms with Crippen molar-refractivity contribution in [3.8, 4) is 0 Å². The highest BCUT2D eigenvalue weighted by Crippen LogP contribution is 2.28. The van der Waals surface area contributed by atoms with Gasteiger partial charge >= 0.3 is 0 Å². The number of rotatable bonds is 3. The molecule has 2 rings (SSSR count). The second-order valence-corrected chi connectivity index (χ2v) is 3.57. The molecule has 0 aliphatic carbocycles. The predicted molar refractivity (Wildman–Crippen MR) is 57.2 cm³/mol. The minimum atomic E-state index is -0.634. The maximum absolute atomic E-state index is 10.1. The van der Waals surface area contributed by atoms with E-state index in [1.54, 1.807) is 12.4 Å². The van der Waals surface area contributed by atoms with E-state index in [4.69, 9.17) is 4.74 Å². The van der Waals surface area contributed by atoms with E-state index >= 15 is 0 Å². The second-order valence-electron chi connectivity index (χ2n) is 3.57. The van der Waals surface area contributed by atoms with Crippen LogP contribution in [0.1, 0.15) is 30.6 Å². The molecule has 1 aliphatic heterocycles. The van der Waals surface area contributed by atoms with Crippen LogP contribution in [0.3, 0.4) is 0 Å². The van der Waals surface area contributed by atoms with Gasteiger partial charge in [0.25, 0.3) is 0 Å². The summed E-state index contributed by atoms with van der Waals surface area (Å²) in [6.45, 7) is 2.73. The lowest BCUT2D eigenvalue weighted by Crippen LogP contribution is -2.05. The molecule has 1 aromatic rings. The van der Waals surface area contributed by atoms with E-state index in [9.17, 15) is 5.11 Å². The van der Waals surface area contributed by atoms with Crippen LogP contribution >= 0.6 is 0 Å². The van der Waals surface area contributed by atoms with Crippen molar-refractivity contribution in [1.82, 2.24) is 4.98 Å². The van der Waals surface area contributed by atoms with Gasteiger partial charge in [0.05, 0.1) is 6.61 Å². The lowest BCUT2D eigenvalue weighted by atomic mass is 10.0. The van der Waals surface area contributed by atoms with E-state index < -0.39 is 6.10 Å². The van der Waals surface area contributed by atoms with Crippen molar-refractivity contribution < 1.29 is 9.84 Å². The summed E-state index contributed by atoms with van der Waals surface area (Å²) in [7, 11) is 0. The van der Waals surface area contributed by atoms with Crippen molar-refractivity contribution in [3.05, 3.63) is 41.4 Å². The van der Waals surface area contributed by atoms with Crippen molar-refractivity contribution in [2.24, 2.45) is 0 Å². The highest BCUT2D eigenvalue weighted by atomic mass is 16.5. The Morgan fingerprint density at radius 3 is 3.13 bits per heavy atom. The molecule has 15 heavy (non-hydrogen) atoms. The zero-order valence-electron chi connectivity index (χ0n) is 8.81. The lowest BCUT2D eigenvalue weighted by molar-refractivity contribution is 0.118. The number of pyridine rings is 1. The molecule has 3 heteroatoms. The standard InChI is InChI=1S/C12H15NO2/c1-2-9-8-13-6-5-10(9)12(14)11-4-3-7-15-11/h4-6,8,12,14H,2-3,7H2,1H3. The first-order valence-electron chi connectivity index (χ1n) is 5.26. The molecule has 80 valence electrons. The Labute approximate surface area is 89.4 Å². The van der Waals surface area contributed by atoms with Crippen molar-refractivity contribution in [2.75, 3.05) is 6.61 Å². The number of ether oxygens (including phenoxy) is 1. The molecule has 0 bridgehead atoms. The molecule has 0 saturated carbocycles. The van der Waals surface area contributed by atoms with Crippen molar-refractivity contribution in [2.45, 2.75) is 25.9 Å². The van der Waals surface area contributed by atoms with Gasteiger partial charge < -0.3 is 9.84 Å². The highest BCUT2D eigenvalue weighted by Gasteiger charge is 2.19. The summed E-state index contributed by atoms with van der Waals surface area (Å²) in [6, 6.07) is 1.85. The van der Waals surface area contributed by atoms with Gasteiger partial charge in [0, 0.05) is 18.8 Å². The molecule has 1 aliphatic rings. The fourth-order valence-electron chi connectivity index (χ4n) is 1.78. The SMILES string of the molecule is CCc1cnccc1C(O)C1=CCCO1. The fourth-order valence-corrected chi connectivity index (χ4v) is 1.78. The smallest absolute Gasteiger partial charge is 0.136 e. The van der Waals surface area contributed by atoms with Gasteiger partial charge in [0.15, 0.2) is 0 Å². The van der Waals surface area contributed by atoms with Gasteiger partial charge in [-0.2, -0.15) is 0 Å². The Balaban J connectivity index is 2.27. The lowest BCUT2D eigenvalue weighted by Gasteiger charge is -2.15. The Morgan fingerprint density at radius 1 is 1.60 bits per heavy atom. The third-order valence-corrected chi connectivity index (χ3v) is 2.62. The van der Waals surface area contributed by atoms with E-state index in [0.717, 1.165) is 24.0 Å². The Morgan fingerprint density at radius 2 is 2.47 bits per heavy atom. The number of nitrogens with zero attached hydrogens (tertiary/aromatic N) is 1. The third-order valence-electron chi connectivity index (χ3n) is 2.62. The average molecular weight is 205 g/mol. The topological polar surface area (TPSA) is 42.4 Å². The summed E-state index contributed by atoms with van der Waals surface area (Å²) in [5.41, 5.74) is 1.97. The normalized spacial score (nSPS) is 17.1. The van der Waals surface area contributed by atoms with Gasteiger partial charge in [0.2, 0.25) is 0 Å². The van der Waals surface area contributed by atoms with Crippen LogP contribution in [0, 0.1) is 0 Å². The summed E-state index contributed by atoms with van der Waals surface area (Å²) in [5.74, 6) is 0.677. The quantitative estimate of drug-likeness (QED) is 0.820. The average Bonchev–Trinajstić information content (AvgIpc) is 2.81. The zero-order chi connectivity index (χ0) is 10.7. The maximum Gasteiger partial charge on any atom is 0.136 e. The first-order valence-corrected chi connectivity index (χ1v) is 5.26. The number of aliphatic hydroxyl groups excluding tert-OH is 1. The summed E-state index contributed by atoms with van der Waals surface area (Å²) in [4.78, 5) is 4.05. The van der Waals surface area contributed by atoms with Gasteiger partial charge in [-0.15, -0.1) is 0 Å². The number of aliphatic hydroxyl groups is 1. The second kappa shape index (κ2) is 4.45. The van der Waals surface area contributed by atoms with Gasteiger partial charge in [-0.1, -0.05) is 6.92 Å². The van der Waals surface area contributed by atoms with Gasteiger partial charge in [0.1, 0.15) is 11.9 Å². The molecule has 0 aromatic carbocycles. The number of hydrogen-bond donors (Lipinski definition) is 1. The van der Waals surface area contributed by atoms with Crippen LogP contribution < -0.4 is 0 Å². The maximum atomic E-state index is 10.1. The molecule has 1 atom stereocenters. The van der Waals surface area contributed by atoms with Crippen LogP contribution in [0.4, 0.5) is 0 Å². The van der Waals surface area contributed by atoms with E-state index in [2.05, 4.69) is 11.9 Å². The molecule has 1 unspecified atom stereocenters. The summed E-state index contributed by atoms with van der Waals surface area (Å²) in [6.07, 6.45) is 6.57. The minimum Gasteiger partial charge on any atom is -0.495 e. The molecule has 3 nitrogen and oxygen atoms in total. The number of aryl methyl sites for hydroxylation is 1.